The summed E-state index contributed by atoms with van der Waals surface area (Å²) in [4.78, 5) is 26.5. The third-order valence-electron chi connectivity index (χ3n) is 24.7. The van der Waals surface area contributed by atoms with Crippen molar-refractivity contribution in [2.75, 3.05) is 0 Å². The number of halogens is 1. The topological polar surface area (TPSA) is 85.1 Å². The van der Waals surface area contributed by atoms with Crippen LogP contribution in [0, 0.1) is 0 Å². The van der Waals surface area contributed by atoms with Crippen LogP contribution in [0.2, 0.25) is 0 Å². The van der Waals surface area contributed by atoms with Crippen LogP contribution in [0.25, 0.3) is 214 Å². The number of hydrogen-bond donors (Lipinski definition) is 0. The fourth-order valence-corrected chi connectivity index (χ4v) is 19.7. The summed E-state index contributed by atoms with van der Waals surface area (Å²) in [6.07, 6.45) is 0.816. The molecule has 26 rings (SSSR count). The van der Waals surface area contributed by atoms with Gasteiger partial charge < -0.3 is 31.7 Å². The standard InChI is InChI=1S/C55H33N3O2.C38H23NO2.C18H12BrN/c59-55-47-33-53-46(32-42(47)41-19-9-12-22-54(41)60-55)44-30-35(34-23-26-50-43(29-34)39-17-7-10-20-48(39)56(50)36-13-3-1-4-14-36)24-27-51(44)58(53)38-25-28-52-45(31-38)40-18-8-11-21-49(40)57(52)37-15-5-2-6-16-37;40-38-34-21-26-18-25-15-14-23(19-30(25)31(26)22-32(34)29-11-5-7-13-37(29)41-38)24-16-17-36-33(20-24)28-10-4-6-12-35(28)39(36)27-8-2-1-3-9-27;19-13-10-11-18-16(12-13)15-8-4-5-9-17(15)20(18)14-6-2-1-3-7-14/h1-33H;1-17,19-22H,18H2;1-12H. The maximum Gasteiger partial charge on any atom is 0.344 e. The van der Waals surface area contributed by atoms with E-state index in [1.54, 1.807) is 0 Å². The summed E-state index contributed by atoms with van der Waals surface area (Å²) in [6, 6.07) is 141. The van der Waals surface area contributed by atoms with Crippen molar-refractivity contribution in [1.29, 1.82) is 0 Å². The Bertz CT molecular complexity index is 8750. The zero-order valence-corrected chi connectivity index (χ0v) is 66.6. The molecule has 7 heterocycles. The average molecular weight is 1620 g/mol. The lowest BCUT2D eigenvalue weighted by atomic mass is 9.96. The minimum atomic E-state index is -0.340. The van der Waals surface area contributed by atoms with E-state index in [1.807, 2.05) is 66.7 Å². The molecule has 0 atom stereocenters. The van der Waals surface area contributed by atoms with E-state index in [0.29, 0.717) is 21.9 Å². The molecule has 0 bridgehead atoms. The Kier molecular flexibility index (Phi) is 16.0. The molecule has 121 heavy (non-hydrogen) atoms. The Balaban J connectivity index is 0.000000116. The van der Waals surface area contributed by atoms with E-state index in [1.165, 1.54) is 110 Å². The smallest absolute Gasteiger partial charge is 0.344 e. The first-order chi connectivity index (χ1) is 59.7. The molecule has 25 aromatic rings. The molecule has 0 saturated carbocycles. The summed E-state index contributed by atoms with van der Waals surface area (Å²) >= 11 is 3.57. The van der Waals surface area contributed by atoms with E-state index in [4.69, 9.17) is 8.83 Å². The third kappa shape index (κ3) is 11.2. The fraction of sp³-hybridized carbons (Fsp3) is 0.00901. The molecule has 0 radical (unpaired) electrons. The van der Waals surface area contributed by atoms with E-state index in [2.05, 4.69) is 372 Å². The summed E-state index contributed by atoms with van der Waals surface area (Å²) in [5.41, 5.74) is 27.3. The lowest BCUT2D eigenvalue weighted by Crippen LogP contribution is -2.01. The summed E-state index contributed by atoms with van der Waals surface area (Å²) in [7, 11) is 0. The molecule has 0 N–H and O–H groups in total. The van der Waals surface area contributed by atoms with Gasteiger partial charge in [0.15, 0.2) is 0 Å². The molecule has 18 aromatic carbocycles. The molecule has 0 unspecified atom stereocenters. The summed E-state index contributed by atoms with van der Waals surface area (Å²) in [6.45, 7) is 0. The van der Waals surface area contributed by atoms with Crippen LogP contribution in [0.1, 0.15) is 11.1 Å². The maximum absolute atomic E-state index is 13.7. The van der Waals surface area contributed by atoms with Gasteiger partial charge in [-0.25, -0.2) is 9.59 Å². The second kappa shape index (κ2) is 27.8. The van der Waals surface area contributed by atoms with Gasteiger partial charge in [0.2, 0.25) is 0 Å². The monoisotopic (exact) mass is 1610 g/mol. The molecule has 7 aromatic heterocycles. The molecule has 0 saturated heterocycles. The molecular weight excluding hydrogens is 1550 g/mol. The lowest BCUT2D eigenvalue weighted by molar-refractivity contribution is 0.569. The van der Waals surface area contributed by atoms with Crippen molar-refractivity contribution in [1.82, 2.24) is 22.8 Å². The second-order valence-electron chi connectivity index (χ2n) is 31.4. The summed E-state index contributed by atoms with van der Waals surface area (Å²) in [5.74, 6) is 0. The molecule has 10 heteroatoms. The number of hydrogen-bond acceptors (Lipinski definition) is 4. The van der Waals surface area contributed by atoms with Gasteiger partial charge in [0, 0.05) is 108 Å². The molecule has 0 aliphatic heterocycles. The molecule has 9 nitrogen and oxygen atoms in total. The molecule has 1 aliphatic carbocycles. The third-order valence-corrected chi connectivity index (χ3v) is 25.2. The van der Waals surface area contributed by atoms with Gasteiger partial charge in [-0.3, -0.25) is 0 Å². The number of fused-ring (bicyclic) bond motifs is 24. The van der Waals surface area contributed by atoms with Crippen LogP contribution in [0.15, 0.2) is 423 Å². The Labute approximate surface area is 700 Å². The first kappa shape index (κ1) is 69.7. The SMILES string of the molecule is Brc1ccc2c(c1)c1ccccc1n2-c1ccccc1.O=c1oc2ccccc2c2cc3c(cc12)Cc1ccc(-c2ccc4c(c2)c2ccccc2n4-c2ccccc2)cc1-3.O=c1oc2ccccc2c2cc3c4cc(-c5ccc6c(c5)c5ccccc5n6-c5ccccc5)ccc4n(-c4ccc5c(c4)c4ccccc4n5-c4ccccc4)c3cc12. The number of nitrogens with zero attached hydrogens (tertiary/aromatic N) is 5. The summed E-state index contributed by atoms with van der Waals surface area (Å²) in [5, 5.41) is 16.9. The lowest BCUT2D eigenvalue weighted by Gasteiger charge is -2.11. The van der Waals surface area contributed by atoms with Crippen molar-refractivity contribution in [3.8, 4) is 61.8 Å². The molecule has 0 spiro atoms. The van der Waals surface area contributed by atoms with Gasteiger partial charge in [-0.05, 0) is 239 Å². The highest BCUT2D eigenvalue weighted by Gasteiger charge is 2.26. The first-order valence-corrected chi connectivity index (χ1v) is 41.6. The Morgan fingerprint density at radius 3 is 0.967 bits per heavy atom. The Morgan fingerprint density at radius 2 is 0.512 bits per heavy atom. The molecule has 0 amide bonds. The van der Waals surface area contributed by atoms with E-state index >= 15 is 0 Å². The van der Waals surface area contributed by atoms with Crippen LogP contribution in [0.3, 0.4) is 0 Å². The van der Waals surface area contributed by atoms with E-state index in [-0.39, 0.29) is 11.3 Å². The highest BCUT2D eigenvalue weighted by molar-refractivity contribution is 9.10. The van der Waals surface area contributed by atoms with Crippen molar-refractivity contribution in [3.05, 3.63) is 437 Å². The molecule has 1 aliphatic rings. The van der Waals surface area contributed by atoms with Crippen molar-refractivity contribution < 1.29 is 8.83 Å². The summed E-state index contributed by atoms with van der Waals surface area (Å²) < 4.78 is 24.3. The highest BCUT2D eigenvalue weighted by Crippen LogP contribution is 2.46. The van der Waals surface area contributed by atoms with E-state index in [0.717, 1.165) is 105 Å². The van der Waals surface area contributed by atoms with Crippen LogP contribution in [-0.4, -0.2) is 22.8 Å². The average Bonchev–Trinajstić information content (AvgIpc) is 1.54. The van der Waals surface area contributed by atoms with Crippen LogP contribution >= 0.6 is 15.9 Å². The van der Waals surface area contributed by atoms with Gasteiger partial charge in [-0.2, -0.15) is 0 Å². The zero-order valence-electron chi connectivity index (χ0n) is 65.1. The van der Waals surface area contributed by atoms with E-state index in [9.17, 15) is 9.59 Å². The van der Waals surface area contributed by atoms with Crippen molar-refractivity contribution in [2.24, 2.45) is 0 Å². The predicted octanol–water partition coefficient (Wildman–Crippen LogP) is 28.7. The Morgan fingerprint density at radius 1 is 0.198 bits per heavy atom. The molecule has 0 fully saturated rings. The van der Waals surface area contributed by atoms with Gasteiger partial charge >= 0.3 is 11.3 Å². The van der Waals surface area contributed by atoms with Crippen LogP contribution < -0.4 is 11.3 Å². The van der Waals surface area contributed by atoms with Crippen molar-refractivity contribution >= 4 is 168 Å². The van der Waals surface area contributed by atoms with Gasteiger partial charge in [0.25, 0.3) is 0 Å². The van der Waals surface area contributed by atoms with Gasteiger partial charge in [0.1, 0.15) is 11.2 Å². The largest absolute Gasteiger partial charge is 0.422 e. The second-order valence-corrected chi connectivity index (χ2v) is 32.4. The maximum atomic E-state index is 13.7. The number of para-hydroxylation sites is 10. The first-order valence-electron chi connectivity index (χ1n) is 40.8. The Hall–Kier alpha value is -15.6. The quantitative estimate of drug-likeness (QED) is 0.118. The van der Waals surface area contributed by atoms with Crippen LogP contribution in [-0.2, 0) is 6.42 Å². The minimum absolute atomic E-state index is 0.277. The van der Waals surface area contributed by atoms with Crippen molar-refractivity contribution in [3.63, 3.8) is 0 Å². The zero-order chi connectivity index (χ0) is 80.1. The van der Waals surface area contributed by atoms with Crippen LogP contribution in [0.4, 0.5) is 0 Å². The number of aromatic nitrogens is 5. The van der Waals surface area contributed by atoms with Gasteiger partial charge in [0.05, 0.1) is 65.9 Å². The molecular formula is C111H68BrN5O4. The molecule has 568 valence electrons. The van der Waals surface area contributed by atoms with Crippen LogP contribution in [0.5, 0.6) is 0 Å². The fourth-order valence-electron chi connectivity index (χ4n) is 19.4. The van der Waals surface area contributed by atoms with E-state index < -0.39 is 0 Å². The number of benzene rings is 18. The predicted molar refractivity (Wildman–Crippen MR) is 505 cm³/mol. The van der Waals surface area contributed by atoms with Crippen molar-refractivity contribution in [2.45, 2.75) is 6.42 Å². The minimum Gasteiger partial charge on any atom is -0.422 e. The van der Waals surface area contributed by atoms with Gasteiger partial charge in [-0.15, -0.1) is 0 Å². The normalized spacial score (nSPS) is 12.0. The van der Waals surface area contributed by atoms with Gasteiger partial charge in [-0.1, -0.05) is 228 Å². The highest BCUT2D eigenvalue weighted by atomic mass is 79.9. The number of rotatable bonds is 7.